The van der Waals surface area contributed by atoms with Crippen molar-refractivity contribution in [2.75, 3.05) is 12.3 Å². The number of hydrogen-bond donors (Lipinski definition) is 3. The van der Waals surface area contributed by atoms with Gasteiger partial charge in [-0.05, 0) is 12.1 Å². The molecule has 102 valence electrons. The number of rotatable bonds is 5. The molecule has 0 aliphatic heterocycles. The zero-order valence-electron chi connectivity index (χ0n) is 9.91. The van der Waals surface area contributed by atoms with Crippen molar-refractivity contribution in [2.24, 2.45) is 5.73 Å². The highest BCUT2D eigenvalue weighted by atomic mass is 32.2. The van der Waals surface area contributed by atoms with Gasteiger partial charge < -0.3 is 11.5 Å². The van der Waals surface area contributed by atoms with Crippen molar-refractivity contribution in [3.05, 3.63) is 24.4 Å². The van der Waals surface area contributed by atoms with Crippen LogP contribution in [0.1, 0.15) is 6.42 Å². The highest BCUT2D eigenvalue weighted by Gasteiger charge is 2.23. The van der Waals surface area contributed by atoms with Gasteiger partial charge in [-0.15, -0.1) is 0 Å². The van der Waals surface area contributed by atoms with Crippen LogP contribution in [0.3, 0.4) is 0 Å². The molecular formula is C10H13N5O3S. The van der Waals surface area contributed by atoms with Crippen molar-refractivity contribution < 1.29 is 13.2 Å². The fourth-order valence-electron chi connectivity index (χ4n) is 1.64. The third-order valence-electron chi connectivity index (χ3n) is 2.43. The van der Waals surface area contributed by atoms with Gasteiger partial charge in [0.15, 0.2) is 10.8 Å². The molecule has 0 saturated carbocycles. The lowest BCUT2D eigenvalue weighted by Gasteiger charge is -2.06. The summed E-state index contributed by atoms with van der Waals surface area (Å²) in [4.78, 5) is 14.5. The Balaban J connectivity index is 2.37. The molecule has 2 rings (SSSR count). The van der Waals surface area contributed by atoms with E-state index in [2.05, 4.69) is 9.71 Å². The number of sulfonamides is 1. The van der Waals surface area contributed by atoms with E-state index >= 15 is 0 Å². The summed E-state index contributed by atoms with van der Waals surface area (Å²) in [5, 5.41) is -0.146. The summed E-state index contributed by atoms with van der Waals surface area (Å²) < 4.78 is 27.8. The average Bonchev–Trinajstić information content (AvgIpc) is 2.64. The molecule has 0 saturated heterocycles. The number of primary amides is 1. The number of carbonyl (C=O) groups excluding carboxylic acids is 1. The van der Waals surface area contributed by atoms with Crippen LogP contribution in [0, 0.1) is 0 Å². The van der Waals surface area contributed by atoms with Crippen LogP contribution in [-0.2, 0) is 14.8 Å². The van der Waals surface area contributed by atoms with E-state index in [1.807, 2.05) is 0 Å². The summed E-state index contributed by atoms with van der Waals surface area (Å²) in [5.74, 6) is -0.688. The normalized spacial score (nSPS) is 11.8. The Hall–Kier alpha value is -2.13. The van der Waals surface area contributed by atoms with E-state index in [9.17, 15) is 13.2 Å². The van der Waals surface area contributed by atoms with E-state index in [1.165, 1.54) is 4.40 Å². The largest absolute Gasteiger partial charge is 0.381 e. The van der Waals surface area contributed by atoms with Crippen molar-refractivity contribution in [3.63, 3.8) is 0 Å². The third kappa shape index (κ3) is 2.66. The molecule has 1 amide bonds. The second kappa shape index (κ2) is 4.86. The van der Waals surface area contributed by atoms with Crippen LogP contribution >= 0.6 is 0 Å². The second-order valence-corrected chi connectivity index (χ2v) is 5.53. The molecule has 19 heavy (non-hydrogen) atoms. The van der Waals surface area contributed by atoms with Crippen molar-refractivity contribution >= 4 is 27.4 Å². The lowest BCUT2D eigenvalue weighted by atomic mass is 10.4. The molecule has 0 aliphatic carbocycles. The average molecular weight is 283 g/mol. The van der Waals surface area contributed by atoms with Gasteiger partial charge in [-0.25, -0.2) is 18.1 Å². The summed E-state index contributed by atoms with van der Waals surface area (Å²) in [6, 6.07) is 5.02. The Kier molecular flexibility index (Phi) is 3.40. The highest BCUT2D eigenvalue weighted by Crippen LogP contribution is 2.19. The third-order valence-corrected chi connectivity index (χ3v) is 3.93. The van der Waals surface area contributed by atoms with Gasteiger partial charge in [0.05, 0.1) is 0 Å². The summed E-state index contributed by atoms with van der Waals surface area (Å²) >= 11 is 0. The number of hydrogen-bond acceptors (Lipinski definition) is 5. The predicted octanol–water partition coefficient (Wildman–Crippen LogP) is -0.930. The van der Waals surface area contributed by atoms with Crippen LogP contribution in [0.4, 0.5) is 5.82 Å². The number of anilines is 1. The molecule has 0 bridgehead atoms. The first kappa shape index (κ1) is 13.3. The van der Waals surface area contributed by atoms with Crippen LogP contribution in [0.15, 0.2) is 29.4 Å². The van der Waals surface area contributed by atoms with Crippen LogP contribution in [0.5, 0.6) is 0 Å². The van der Waals surface area contributed by atoms with Gasteiger partial charge >= 0.3 is 0 Å². The fraction of sp³-hybridized carbons (Fsp3) is 0.200. The van der Waals surface area contributed by atoms with Crippen LogP contribution in [0.2, 0.25) is 0 Å². The summed E-state index contributed by atoms with van der Waals surface area (Å²) in [5.41, 5.74) is 11.0. The quantitative estimate of drug-likeness (QED) is 0.652. The number of nitrogens with zero attached hydrogens (tertiary/aromatic N) is 2. The number of imidazole rings is 1. The summed E-state index contributed by atoms with van der Waals surface area (Å²) in [6.07, 6.45) is 1.46. The number of aromatic nitrogens is 2. The number of carbonyl (C=O) groups is 1. The summed E-state index contributed by atoms with van der Waals surface area (Å²) in [7, 11) is -3.85. The molecule has 5 N–H and O–H groups in total. The van der Waals surface area contributed by atoms with Crippen LogP contribution < -0.4 is 16.2 Å². The Morgan fingerprint density at radius 3 is 2.84 bits per heavy atom. The number of nitrogen functional groups attached to an aromatic ring is 1. The fourth-order valence-corrected chi connectivity index (χ4v) is 2.88. The first-order valence-electron chi connectivity index (χ1n) is 5.42. The van der Waals surface area contributed by atoms with E-state index in [0.29, 0.717) is 5.65 Å². The number of pyridine rings is 1. The van der Waals surface area contributed by atoms with E-state index in [4.69, 9.17) is 11.5 Å². The lowest BCUT2D eigenvalue weighted by molar-refractivity contribution is -0.117. The van der Waals surface area contributed by atoms with Gasteiger partial charge in [0.2, 0.25) is 5.91 Å². The van der Waals surface area contributed by atoms with E-state index in [-0.39, 0.29) is 23.8 Å². The Morgan fingerprint density at radius 2 is 2.16 bits per heavy atom. The van der Waals surface area contributed by atoms with Gasteiger partial charge in [0.1, 0.15) is 5.65 Å². The summed E-state index contributed by atoms with van der Waals surface area (Å²) in [6.45, 7) is -0.0861. The maximum Gasteiger partial charge on any atom is 0.260 e. The lowest BCUT2D eigenvalue weighted by Crippen LogP contribution is -2.29. The van der Waals surface area contributed by atoms with Crippen molar-refractivity contribution in [1.29, 1.82) is 0 Å². The zero-order valence-corrected chi connectivity index (χ0v) is 10.7. The molecule has 0 radical (unpaired) electrons. The molecule has 0 fully saturated rings. The smallest absolute Gasteiger partial charge is 0.260 e. The number of fused-ring (bicyclic) bond motifs is 1. The molecule has 0 aliphatic rings. The number of amides is 1. The Bertz CT molecular complexity index is 722. The minimum atomic E-state index is -3.85. The molecule has 0 atom stereocenters. The predicted molar refractivity (Wildman–Crippen MR) is 68.6 cm³/mol. The number of nitrogens with two attached hydrogens (primary N) is 2. The van der Waals surface area contributed by atoms with Gasteiger partial charge in [0, 0.05) is 19.2 Å². The van der Waals surface area contributed by atoms with Crippen molar-refractivity contribution in [2.45, 2.75) is 11.4 Å². The monoisotopic (exact) mass is 283 g/mol. The molecule has 0 spiro atoms. The van der Waals surface area contributed by atoms with Crippen LogP contribution in [0.25, 0.3) is 5.65 Å². The van der Waals surface area contributed by atoms with Gasteiger partial charge in [-0.1, -0.05) is 6.07 Å². The van der Waals surface area contributed by atoms with E-state index in [1.54, 1.807) is 24.4 Å². The molecular weight excluding hydrogens is 270 g/mol. The minimum Gasteiger partial charge on any atom is -0.381 e. The maximum atomic E-state index is 12.1. The molecule has 2 heterocycles. The van der Waals surface area contributed by atoms with Crippen molar-refractivity contribution in [1.82, 2.24) is 14.1 Å². The first-order chi connectivity index (χ1) is 8.92. The van der Waals surface area contributed by atoms with Gasteiger partial charge in [-0.2, -0.15) is 0 Å². The maximum absolute atomic E-state index is 12.1. The van der Waals surface area contributed by atoms with E-state index in [0.717, 1.165) is 0 Å². The SMILES string of the molecule is NC(=O)CCNS(=O)(=O)c1c(N)nc2ccccn12. The molecule has 8 nitrogen and oxygen atoms in total. The first-order valence-corrected chi connectivity index (χ1v) is 6.90. The van der Waals surface area contributed by atoms with Gasteiger partial charge in [-0.3, -0.25) is 9.20 Å². The molecule has 0 unspecified atom stereocenters. The highest BCUT2D eigenvalue weighted by molar-refractivity contribution is 7.89. The van der Waals surface area contributed by atoms with Gasteiger partial charge in [0.25, 0.3) is 10.0 Å². The zero-order chi connectivity index (χ0) is 14.0. The van der Waals surface area contributed by atoms with Crippen LogP contribution in [-0.4, -0.2) is 30.3 Å². The Morgan fingerprint density at radius 1 is 1.42 bits per heavy atom. The minimum absolute atomic E-state index is 0.0861. The van der Waals surface area contributed by atoms with Crippen molar-refractivity contribution in [3.8, 4) is 0 Å². The standard InChI is InChI=1S/C10H13N5O3S/c11-7(16)4-5-13-19(17,18)10-9(12)14-8-3-1-2-6-15(8)10/h1-3,6,13H,4-5,12H2,(H2,11,16). The number of nitrogens with one attached hydrogen (secondary N) is 1. The Labute approximate surface area is 109 Å². The molecule has 2 aromatic rings. The van der Waals surface area contributed by atoms with E-state index < -0.39 is 15.9 Å². The molecule has 0 aromatic carbocycles. The molecule has 9 heteroatoms. The topological polar surface area (TPSA) is 133 Å². The second-order valence-electron chi connectivity index (χ2n) is 3.85. The molecule has 2 aromatic heterocycles.